The molecule has 0 aliphatic carbocycles. The van der Waals surface area contributed by atoms with E-state index >= 15 is 0 Å². The fourth-order valence-electron chi connectivity index (χ4n) is 2.34. The van der Waals surface area contributed by atoms with Gasteiger partial charge in [-0.1, -0.05) is 11.2 Å². The zero-order chi connectivity index (χ0) is 13.9. The van der Waals surface area contributed by atoms with Crippen molar-refractivity contribution in [1.82, 2.24) is 4.40 Å². The Morgan fingerprint density at radius 2 is 1.95 bits per heavy atom. The van der Waals surface area contributed by atoms with E-state index in [-0.39, 0.29) is 12.4 Å². The minimum atomic E-state index is -0.272. The topological polar surface area (TPSA) is 53.2 Å². The first-order valence-corrected chi connectivity index (χ1v) is 6.15. The van der Waals surface area contributed by atoms with E-state index < -0.39 is 0 Å². The molecule has 98 valence electrons. The normalized spacial score (nSPS) is 10.4. The molecule has 0 aliphatic rings. The summed E-state index contributed by atoms with van der Waals surface area (Å²) in [5.41, 5.74) is 12.2. The van der Waals surface area contributed by atoms with Gasteiger partial charge in [0, 0.05) is 16.6 Å². The van der Waals surface area contributed by atoms with Crippen LogP contribution in [0.4, 0.5) is 4.39 Å². The number of pyridine rings is 1. The lowest BCUT2D eigenvalue weighted by molar-refractivity contribution is 0.628. The van der Waals surface area contributed by atoms with E-state index in [1.165, 1.54) is 12.1 Å². The molecule has 0 atom stereocenters. The van der Waals surface area contributed by atoms with Gasteiger partial charge in [0.2, 0.25) is 0 Å². The van der Waals surface area contributed by atoms with E-state index in [0.717, 1.165) is 22.3 Å². The number of hydrogen-bond donors (Lipinski definition) is 0. The van der Waals surface area contributed by atoms with E-state index in [0.29, 0.717) is 0 Å². The molecule has 0 spiro atoms. The standard InChI is InChI=1S/C15H11FN4/c16-13-6-4-11(5-7-13)15-12(10-18-19-17)9-14-3-1-2-8-20(14)15/h1-9H,10H2. The van der Waals surface area contributed by atoms with Crippen molar-refractivity contribution in [1.29, 1.82) is 0 Å². The van der Waals surface area contributed by atoms with Crippen molar-refractivity contribution in [3.8, 4) is 11.3 Å². The zero-order valence-corrected chi connectivity index (χ0v) is 10.6. The Morgan fingerprint density at radius 3 is 2.70 bits per heavy atom. The lowest BCUT2D eigenvalue weighted by atomic mass is 10.1. The second-order valence-electron chi connectivity index (χ2n) is 4.41. The predicted octanol–water partition coefficient (Wildman–Crippen LogP) is 4.56. The first kappa shape index (κ1) is 12.3. The van der Waals surface area contributed by atoms with Crippen LogP contribution in [0, 0.1) is 5.82 Å². The summed E-state index contributed by atoms with van der Waals surface area (Å²) in [5.74, 6) is -0.272. The van der Waals surface area contributed by atoms with Crippen LogP contribution in [0.5, 0.6) is 0 Å². The Labute approximate surface area is 114 Å². The maximum absolute atomic E-state index is 13.1. The van der Waals surface area contributed by atoms with Crippen LogP contribution in [-0.2, 0) is 6.54 Å². The van der Waals surface area contributed by atoms with E-state index in [9.17, 15) is 4.39 Å². The molecule has 1 aromatic carbocycles. The summed E-state index contributed by atoms with van der Waals surface area (Å²) in [6, 6.07) is 14.1. The maximum Gasteiger partial charge on any atom is 0.123 e. The Bertz CT molecular complexity index is 798. The van der Waals surface area contributed by atoms with Crippen molar-refractivity contribution < 1.29 is 4.39 Å². The molecular weight excluding hydrogens is 255 g/mol. The number of halogens is 1. The average Bonchev–Trinajstić information content (AvgIpc) is 2.84. The molecule has 2 heterocycles. The molecular formula is C15H11FN4. The summed E-state index contributed by atoms with van der Waals surface area (Å²) in [4.78, 5) is 2.81. The van der Waals surface area contributed by atoms with Crippen LogP contribution >= 0.6 is 0 Å². The second-order valence-corrected chi connectivity index (χ2v) is 4.41. The largest absolute Gasteiger partial charge is 0.316 e. The van der Waals surface area contributed by atoms with Crippen LogP contribution in [0.25, 0.3) is 27.2 Å². The van der Waals surface area contributed by atoms with Gasteiger partial charge in [-0.3, -0.25) is 0 Å². The molecule has 0 radical (unpaired) electrons. The van der Waals surface area contributed by atoms with Crippen LogP contribution in [0.2, 0.25) is 0 Å². The number of rotatable bonds is 3. The molecule has 0 N–H and O–H groups in total. The van der Waals surface area contributed by atoms with Gasteiger partial charge < -0.3 is 4.40 Å². The minimum absolute atomic E-state index is 0.269. The van der Waals surface area contributed by atoms with Crippen molar-refractivity contribution in [2.24, 2.45) is 5.11 Å². The lowest BCUT2D eigenvalue weighted by Gasteiger charge is -2.05. The van der Waals surface area contributed by atoms with Crippen LogP contribution in [0.1, 0.15) is 5.56 Å². The van der Waals surface area contributed by atoms with Crippen molar-refractivity contribution in [2.75, 3.05) is 0 Å². The van der Waals surface area contributed by atoms with Gasteiger partial charge in [-0.25, -0.2) is 4.39 Å². The van der Waals surface area contributed by atoms with Crippen LogP contribution < -0.4 is 0 Å². The van der Waals surface area contributed by atoms with Gasteiger partial charge in [0.15, 0.2) is 0 Å². The number of hydrogen-bond acceptors (Lipinski definition) is 1. The molecule has 4 nitrogen and oxygen atoms in total. The third-order valence-corrected chi connectivity index (χ3v) is 3.18. The maximum atomic E-state index is 13.1. The van der Waals surface area contributed by atoms with Crippen LogP contribution in [0.3, 0.4) is 0 Å². The first-order chi connectivity index (χ1) is 9.79. The summed E-state index contributed by atoms with van der Waals surface area (Å²) in [7, 11) is 0. The van der Waals surface area contributed by atoms with E-state index in [1.54, 1.807) is 12.1 Å². The highest BCUT2D eigenvalue weighted by atomic mass is 19.1. The minimum Gasteiger partial charge on any atom is -0.316 e. The van der Waals surface area contributed by atoms with Crippen LogP contribution in [-0.4, -0.2) is 4.40 Å². The fourth-order valence-corrected chi connectivity index (χ4v) is 2.34. The van der Waals surface area contributed by atoms with E-state index in [2.05, 4.69) is 10.0 Å². The summed E-state index contributed by atoms with van der Waals surface area (Å²) in [6.07, 6.45) is 1.94. The molecule has 20 heavy (non-hydrogen) atoms. The van der Waals surface area contributed by atoms with Gasteiger partial charge >= 0.3 is 0 Å². The van der Waals surface area contributed by atoms with Gasteiger partial charge in [0.05, 0.1) is 12.2 Å². The van der Waals surface area contributed by atoms with Gasteiger partial charge in [-0.05, 0) is 59.1 Å². The Hall–Kier alpha value is -2.78. The number of azide groups is 1. The third kappa shape index (κ3) is 2.11. The van der Waals surface area contributed by atoms with Gasteiger partial charge in [0.25, 0.3) is 0 Å². The van der Waals surface area contributed by atoms with E-state index in [4.69, 9.17) is 5.53 Å². The van der Waals surface area contributed by atoms with Crippen molar-refractivity contribution in [2.45, 2.75) is 6.54 Å². The van der Waals surface area contributed by atoms with Gasteiger partial charge in [-0.15, -0.1) is 0 Å². The monoisotopic (exact) mass is 266 g/mol. The second kappa shape index (κ2) is 5.07. The Morgan fingerprint density at radius 1 is 1.15 bits per heavy atom. The predicted molar refractivity (Wildman–Crippen MR) is 75.6 cm³/mol. The highest BCUT2D eigenvalue weighted by molar-refractivity contribution is 5.71. The lowest BCUT2D eigenvalue weighted by Crippen LogP contribution is -1.90. The quantitative estimate of drug-likeness (QED) is 0.379. The zero-order valence-electron chi connectivity index (χ0n) is 10.6. The molecule has 0 bridgehead atoms. The van der Waals surface area contributed by atoms with Gasteiger partial charge in [-0.2, -0.15) is 0 Å². The molecule has 0 unspecified atom stereocenters. The number of nitrogens with zero attached hydrogens (tertiary/aromatic N) is 4. The Kier molecular flexibility index (Phi) is 3.11. The average molecular weight is 266 g/mol. The molecule has 0 amide bonds. The molecule has 2 aromatic heterocycles. The highest BCUT2D eigenvalue weighted by Gasteiger charge is 2.11. The smallest absolute Gasteiger partial charge is 0.123 e. The summed E-state index contributed by atoms with van der Waals surface area (Å²) >= 11 is 0. The van der Waals surface area contributed by atoms with Crippen molar-refractivity contribution in [3.05, 3.63) is 76.6 Å². The fraction of sp³-hybridized carbons (Fsp3) is 0.0667. The molecule has 0 saturated heterocycles. The molecule has 0 fully saturated rings. The van der Waals surface area contributed by atoms with E-state index in [1.807, 2.05) is 34.9 Å². The molecule has 5 heteroatoms. The molecule has 0 saturated carbocycles. The molecule has 0 aliphatic heterocycles. The van der Waals surface area contributed by atoms with Crippen LogP contribution in [0.15, 0.2) is 59.8 Å². The number of aromatic nitrogens is 1. The number of fused-ring (bicyclic) bond motifs is 1. The third-order valence-electron chi connectivity index (χ3n) is 3.18. The first-order valence-electron chi connectivity index (χ1n) is 6.15. The summed E-state index contributed by atoms with van der Waals surface area (Å²) in [5, 5.41) is 3.63. The number of benzene rings is 1. The summed E-state index contributed by atoms with van der Waals surface area (Å²) in [6.45, 7) is 0.269. The molecule has 3 aromatic rings. The summed E-state index contributed by atoms with van der Waals surface area (Å²) < 4.78 is 15.1. The van der Waals surface area contributed by atoms with Gasteiger partial charge in [0.1, 0.15) is 5.82 Å². The SMILES string of the molecule is [N-]=[N+]=NCc1cc2ccccn2c1-c1ccc(F)cc1. The molecule has 3 rings (SSSR count). The Balaban J connectivity index is 2.24. The van der Waals surface area contributed by atoms with Crippen molar-refractivity contribution >= 4 is 5.52 Å². The highest BCUT2D eigenvalue weighted by Crippen LogP contribution is 2.28. The van der Waals surface area contributed by atoms with Crippen molar-refractivity contribution in [3.63, 3.8) is 0 Å².